The summed E-state index contributed by atoms with van der Waals surface area (Å²) in [6.45, 7) is 4.84. The number of amides is 1. The zero-order valence-corrected chi connectivity index (χ0v) is 23.9. The minimum atomic E-state index is -0.188. The molecule has 2 N–H and O–H groups in total. The molecule has 0 bridgehead atoms. The Morgan fingerprint density at radius 3 is 2.71 bits per heavy atom. The van der Waals surface area contributed by atoms with Crippen molar-refractivity contribution in [3.8, 4) is 22.9 Å². The van der Waals surface area contributed by atoms with Crippen molar-refractivity contribution < 1.29 is 19.0 Å². The molecule has 2 atom stereocenters. The molecule has 6 rings (SSSR count). The highest BCUT2D eigenvalue weighted by molar-refractivity contribution is 7.80. The molecule has 2 aromatic carbocycles. The molecule has 0 spiro atoms. The first kappa shape index (κ1) is 26.6. The number of carbonyl (C=O) groups is 1. The number of hydrogen-bond donors (Lipinski definition) is 2. The van der Waals surface area contributed by atoms with Crippen molar-refractivity contribution in [1.29, 1.82) is 0 Å². The van der Waals surface area contributed by atoms with Gasteiger partial charge in [0.1, 0.15) is 5.75 Å². The summed E-state index contributed by atoms with van der Waals surface area (Å²) in [5.41, 5.74) is 5.76. The maximum atomic E-state index is 13.0. The zero-order chi connectivity index (χ0) is 28.5. The lowest BCUT2D eigenvalue weighted by molar-refractivity contribution is -0.116. The largest absolute Gasteiger partial charge is 0.495 e. The SMILES string of the molecule is COc1ccccc1NC(=O)CCN1C(=S)NC(c2ccccn2)C1c1cc(C)n(-c2ccc3c(c2)OCO3)c1C. The molecule has 9 nitrogen and oxygen atoms in total. The molecule has 2 aliphatic heterocycles. The fourth-order valence-corrected chi connectivity index (χ4v) is 6.01. The fourth-order valence-electron chi connectivity index (χ4n) is 5.68. The van der Waals surface area contributed by atoms with Crippen LogP contribution in [0.1, 0.15) is 41.1 Å². The van der Waals surface area contributed by atoms with Crippen LogP contribution >= 0.6 is 12.2 Å². The minimum Gasteiger partial charge on any atom is -0.495 e. The summed E-state index contributed by atoms with van der Waals surface area (Å²) in [4.78, 5) is 19.8. The number of hydrogen-bond acceptors (Lipinski definition) is 6. The minimum absolute atomic E-state index is 0.122. The van der Waals surface area contributed by atoms with Gasteiger partial charge in [0.15, 0.2) is 16.6 Å². The number of pyridine rings is 1. The number of methoxy groups -OCH3 is 1. The predicted octanol–water partition coefficient (Wildman–Crippen LogP) is 5.23. The van der Waals surface area contributed by atoms with Gasteiger partial charge in [-0.1, -0.05) is 18.2 Å². The number of rotatable bonds is 8. The zero-order valence-electron chi connectivity index (χ0n) is 23.1. The van der Waals surface area contributed by atoms with E-state index in [1.54, 1.807) is 13.3 Å². The van der Waals surface area contributed by atoms with Gasteiger partial charge >= 0.3 is 0 Å². The number of fused-ring (bicyclic) bond motifs is 1. The van der Waals surface area contributed by atoms with Crippen LogP contribution in [0, 0.1) is 13.8 Å². The fraction of sp³-hybridized carbons (Fsp3) is 0.258. The van der Waals surface area contributed by atoms with Crippen LogP contribution in [0.25, 0.3) is 5.69 Å². The number of benzene rings is 2. The quantitative estimate of drug-likeness (QED) is 0.279. The van der Waals surface area contributed by atoms with Gasteiger partial charge in [-0.2, -0.15) is 0 Å². The van der Waals surface area contributed by atoms with E-state index in [0.29, 0.717) is 23.1 Å². The first-order valence-corrected chi connectivity index (χ1v) is 13.8. The van der Waals surface area contributed by atoms with Gasteiger partial charge < -0.3 is 34.3 Å². The van der Waals surface area contributed by atoms with Gasteiger partial charge in [0.2, 0.25) is 12.7 Å². The number of thiocarbonyl (C=S) groups is 1. The van der Waals surface area contributed by atoms with Gasteiger partial charge in [0, 0.05) is 42.3 Å². The lowest BCUT2D eigenvalue weighted by Crippen LogP contribution is -2.33. The van der Waals surface area contributed by atoms with E-state index >= 15 is 0 Å². The molecule has 2 unspecified atom stereocenters. The highest BCUT2D eigenvalue weighted by atomic mass is 32.1. The molecular weight excluding hydrogens is 538 g/mol. The summed E-state index contributed by atoms with van der Waals surface area (Å²) in [6.07, 6.45) is 2.03. The van der Waals surface area contributed by atoms with Gasteiger partial charge in [0.25, 0.3) is 0 Å². The Hall–Kier alpha value is -4.57. The summed E-state index contributed by atoms with van der Waals surface area (Å²) >= 11 is 5.84. The lowest BCUT2D eigenvalue weighted by atomic mass is 9.96. The van der Waals surface area contributed by atoms with Crippen LogP contribution in [0.15, 0.2) is 72.9 Å². The summed E-state index contributed by atoms with van der Waals surface area (Å²) in [7, 11) is 1.59. The van der Waals surface area contributed by atoms with E-state index in [-0.39, 0.29) is 31.2 Å². The summed E-state index contributed by atoms with van der Waals surface area (Å²) in [5, 5.41) is 7.05. The molecule has 1 fully saturated rings. The van der Waals surface area contributed by atoms with Crippen molar-refractivity contribution in [1.82, 2.24) is 19.8 Å². The van der Waals surface area contributed by atoms with Crippen LogP contribution in [0.5, 0.6) is 17.2 Å². The number of nitrogens with zero attached hydrogens (tertiary/aromatic N) is 3. The second-order valence-corrected chi connectivity index (χ2v) is 10.4. The number of nitrogens with one attached hydrogen (secondary N) is 2. The standard InChI is InChI=1S/C31H31N5O4S/c1-19-16-22(20(2)36(19)21-11-12-26-27(17-21)40-18-39-26)30-29(24-9-6-7-14-32-24)34-31(41)35(30)15-13-28(37)33-23-8-4-5-10-25(23)38-3/h4-12,14,16-17,29-30H,13,15,18H2,1-3H3,(H,33,37)(H,34,41). The third-order valence-electron chi connectivity index (χ3n) is 7.56. The smallest absolute Gasteiger partial charge is 0.231 e. The van der Waals surface area contributed by atoms with Gasteiger partial charge in [0.05, 0.1) is 30.6 Å². The molecule has 2 aromatic heterocycles. The molecule has 2 aliphatic rings. The summed E-state index contributed by atoms with van der Waals surface area (Å²) < 4.78 is 18.7. The molecule has 4 heterocycles. The van der Waals surface area contributed by atoms with Crippen LogP contribution in [0.4, 0.5) is 5.69 Å². The number of ether oxygens (including phenoxy) is 3. The Bertz CT molecular complexity index is 1610. The van der Waals surface area contributed by atoms with Gasteiger partial charge in [-0.15, -0.1) is 0 Å². The maximum absolute atomic E-state index is 13.0. The predicted molar refractivity (Wildman–Crippen MR) is 160 cm³/mol. The Morgan fingerprint density at radius 2 is 1.90 bits per heavy atom. The average molecular weight is 570 g/mol. The highest BCUT2D eigenvalue weighted by Crippen LogP contribution is 2.42. The number of para-hydroxylation sites is 2. The Balaban J connectivity index is 1.32. The third kappa shape index (κ3) is 5.06. The molecule has 41 heavy (non-hydrogen) atoms. The maximum Gasteiger partial charge on any atom is 0.231 e. The van der Waals surface area contributed by atoms with E-state index in [4.69, 9.17) is 26.4 Å². The van der Waals surface area contributed by atoms with Crippen LogP contribution in [0.2, 0.25) is 0 Å². The van der Waals surface area contributed by atoms with Gasteiger partial charge in [-0.05, 0) is 74.1 Å². The Kier molecular flexibility index (Phi) is 7.23. The average Bonchev–Trinajstić information content (AvgIpc) is 3.67. The molecule has 10 heteroatoms. The Labute approximate surface area is 244 Å². The lowest BCUT2D eigenvalue weighted by Gasteiger charge is -2.28. The van der Waals surface area contributed by atoms with Crippen molar-refractivity contribution >= 4 is 28.9 Å². The van der Waals surface area contributed by atoms with Crippen molar-refractivity contribution in [2.75, 3.05) is 25.8 Å². The van der Waals surface area contributed by atoms with Crippen LogP contribution in [-0.2, 0) is 4.79 Å². The molecule has 1 amide bonds. The monoisotopic (exact) mass is 569 g/mol. The van der Waals surface area contributed by atoms with Crippen molar-refractivity contribution in [3.05, 3.63) is 95.6 Å². The molecule has 0 radical (unpaired) electrons. The molecule has 210 valence electrons. The topological polar surface area (TPSA) is 89.9 Å². The Morgan fingerprint density at radius 1 is 1.10 bits per heavy atom. The summed E-state index contributed by atoms with van der Waals surface area (Å²) in [5.74, 6) is 1.97. The van der Waals surface area contributed by atoms with Crippen LogP contribution < -0.4 is 24.8 Å². The summed E-state index contributed by atoms with van der Waals surface area (Å²) in [6, 6.07) is 21.0. The molecule has 0 aliphatic carbocycles. The van der Waals surface area contributed by atoms with Crippen molar-refractivity contribution in [2.24, 2.45) is 0 Å². The van der Waals surface area contributed by atoms with E-state index in [9.17, 15) is 4.79 Å². The second kappa shape index (κ2) is 11.1. The van der Waals surface area contributed by atoms with Crippen LogP contribution in [0.3, 0.4) is 0 Å². The molecule has 4 aromatic rings. The van der Waals surface area contributed by atoms with E-state index in [2.05, 4.69) is 45.0 Å². The third-order valence-corrected chi connectivity index (χ3v) is 7.91. The van der Waals surface area contributed by atoms with Crippen molar-refractivity contribution in [3.63, 3.8) is 0 Å². The van der Waals surface area contributed by atoms with E-state index in [0.717, 1.165) is 39.8 Å². The number of aromatic nitrogens is 2. The number of anilines is 1. The van der Waals surface area contributed by atoms with E-state index in [1.807, 2.05) is 60.7 Å². The first-order valence-electron chi connectivity index (χ1n) is 13.4. The van der Waals surface area contributed by atoms with Gasteiger partial charge in [-0.3, -0.25) is 9.78 Å². The van der Waals surface area contributed by atoms with Crippen LogP contribution in [-0.4, -0.2) is 45.9 Å². The molecular formula is C31H31N5O4S. The molecule has 1 saturated heterocycles. The van der Waals surface area contributed by atoms with Crippen molar-refractivity contribution in [2.45, 2.75) is 32.4 Å². The molecule has 0 saturated carbocycles. The number of aryl methyl sites for hydroxylation is 1. The van der Waals surface area contributed by atoms with E-state index < -0.39 is 0 Å². The normalized spacial score (nSPS) is 17.4. The van der Waals surface area contributed by atoms with Gasteiger partial charge in [-0.25, -0.2) is 0 Å². The second-order valence-electron chi connectivity index (χ2n) is 10.0. The van der Waals surface area contributed by atoms with E-state index in [1.165, 1.54) is 0 Å². The first-order chi connectivity index (χ1) is 19.9. The highest BCUT2D eigenvalue weighted by Gasteiger charge is 2.41. The number of carbonyl (C=O) groups excluding carboxylic acids is 1.